The van der Waals surface area contributed by atoms with Crippen LogP contribution in [0.25, 0.3) is 0 Å². The normalized spacial score (nSPS) is 12.2. The molecule has 3 nitrogen and oxygen atoms in total. The molecule has 0 saturated heterocycles. The third-order valence-electron chi connectivity index (χ3n) is 3.12. The van der Waals surface area contributed by atoms with E-state index in [-0.39, 0.29) is 6.04 Å². The van der Waals surface area contributed by atoms with Crippen molar-refractivity contribution in [1.29, 1.82) is 0 Å². The number of rotatable bonds is 4. The lowest BCUT2D eigenvalue weighted by atomic mass is 9.99. The maximum absolute atomic E-state index is 6.29. The van der Waals surface area contributed by atoms with Crippen molar-refractivity contribution in [3.05, 3.63) is 58.9 Å². The fraction of sp³-hybridized carbons (Fsp3) is 0.312. The van der Waals surface area contributed by atoms with Crippen LogP contribution in [0.5, 0.6) is 5.75 Å². The zero-order chi connectivity index (χ0) is 13.8. The van der Waals surface area contributed by atoms with Gasteiger partial charge in [0.15, 0.2) is 0 Å². The van der Waals surface area contributed by atoms with E-state index in [1.807, 2.05) is 32.0 Å². The van der Waals surface area contributed by atoms with Gasteiger partial charge in [0, 0.05) is 17.4 Å². The number of pyridine rings is 1. The quantitative estimate of drug-likeness (QED) is 0.915. The van der Waals surface area contributed by atoms with Crippen molar-refractivity contribution in [2.45, 2.75) is 26.3 Å². The van der Waals surface area contributed by atoms with Crippen molar-refractivity contribution in [3.8, 4) is 5.75 Å². The van der Waals surface area contributed by atoms with Crippen molar-refractivity contribution >= 4 is 0 Å². The van der Waals surface area contributed by atoms with Gasteiger partial charge in [0.2, 0.25) is 0 Å². The molecule has 0 fully saturated rings. The monoisotopic (exact) mass is 256 g/mol. The maximum atomic E-state index is 6.29. The van der Waals surface area contributed by atoms with Crippen LogP contribution in [-0.4, -0.2) is 12.1 Å². The average molecular weight is 256 g/mol. The molecule has 0 aliphatic carbocycles. The van der Waals surface area contributed by atoms with Crippen molar-refractivity contribution in [2.75, 3.05) is 7.11 Å². The lowest BCUT2D eigenvalue weighted by Crippen LogP contribution is -2.14. The minimum absolute atomic E-state index is 0.0208. The molecule has 3 heteroatoms. The van der Waals surface area contributed by atoms with E-state index in [4.69, 9.17) is 10.5 Å². The van der Waals surface area contributed by atoms with Crippen LogP contribution in [0.3, 0.4) is 0 Å². The van der Waals surface area contributed by atoms with Crippen LogP contribution in [0.4, 0.5) is 0 Å². The molecule has 1 atom stereocenters. The van der Waals surface area contributed by atoms with Crippen molar-refractivity contribution in [3.63, 3.8) is 0 Å². The summed E-state index contributed by atoms with van der Waals surface area (Å²) in [6.45, 7) is 3.99. The first-order chi connectivity index (χ1) is 9.08. The minimum Gasteiger partial charge on any atom is -0.497 e. The van der Waals surface area contributed by atoms with Gasteiger partial charge < -0.3 is 10.5 Å². The summed E-state index contributed by atoms with van der Waals surface area (Å²) in [5, 5.41) is 0. The fourth-order valence-electron chi connectivity index (χ4n) is 2.25. The largest absolute Gasteiger partial charge is 0.497 e. The molecule has 2 aromatic rings. The number of nitrogens with zero attached hydrogens (tertiary/aromatic N) is 1. The second-order valence-electron chi connectivity index (χ2n) is 4.85. The molecular weight excluding hydrogens is 236 g/mol. The summed E-state index contributed by atoms with van der Waals surface area (Å²) in [5.41, 5.74) is 10.6. The zero-order valence-electron chi connectivity index (χ0n) is 11.7. The summed E-state index contributed by atoms with van der Waals surface area (Å²) in [5.74, 6) is 0.867. The molecule has 1 unspecified atom stereocenters. The van der Waals surface area contributed by atoms with E-state index in [2.05, 4.69) is 23.2 Å². The van der Waals surface area contributed by atoms with Crippen LogP contribution in [0.1, 0.15) is 28.6 Å². The highest BCUT2D eigenvalue weighted by atomic mass is 16.5. The molecule has 2 rings (SSSR count). The standard InChI is InChI=1S/C16H20N2O/c1-11-7-14(8-12(2)18-11)16(17)10-13-5-4-6-15(9-13)19-3/h4-9,16H,10,17H2,1-3H3. The Bertz CT molecular complexity index is 546. The summed E-state index contributed by atoms with van der Waals surface area (Å²) in [4.78, 5) is 4.38. The predicted molar refractivity (Wildman–Crippen MR) is 77.3 cm³/mol. The van der Waals surface area contributed by atoms with E-state index in [9.17, 15) is 0 Å². The van der Waals surface area contributed by atoms with E-state index in [0.717, 1.165) is 29.1 Å². The Morgan fingerprint density at radius 2 is 1.84 bits per heavy atom. The number of aryl methyl sites for hydroxylation is 2. The van der Waals surface area contributed by atoms with Crippen LogP contribution in [0, 0.1) is 13.8 Å². The highest BCUT2D eigenvalue weighted by molar-refractivity contribution is 5.31. The van der Waals surface area contributed by atoms with Crippen LogP contribution < -0.4 is 10.5 Å². The molecule has 100 valence electrons. The number of benzene rings is 1. The Kier molecular flexibility index (Phi) is 4.17. The fourth-order valence-corrected chi connectivity index (χ4v) is 2.25. The van der Waals surface area contributed by atoms with Crippen LogP contribution in [0.2, 0.25) is 0 Å². The first kappa shape index (κ1) is 13.6. The van der Waals surface area contributed by atoms with Crippen molar-refractivity contribution < 1.29 is 4.74 Å². The first-order valence-electron chi connectivity index (χ1n) is 6.42. The molecule has 0 spiro atoms. The topological polar surface area (TPSA) is 48.1 Å². The second kappa shape index (κ2) is 5.85. The van der Waals surface area contributed by atoms with E-state index < -0.39 is 0 Å². The van der Waals surface area contributed by atoms with Gasteiger partial charge in [-0.3, -0.25) is 4.98 Å². The molecule has 0 aliphatic rings. The average Bonchev–Trinajstić information content (AvgIpc) is 2.37. The molecule has 1 heterocycles. The Morgan fingerprint density at radius 1 is 1.16 bits per heavy atom. The molecule has 1 aromatic heterocycles. The van der Waals surface area contributed by atoms with Crippen LogP contribution in [0.15, 0.2) is 36.4 Å². The molecule has 2 N–H and O–H groups in total. The SMILES string of the molecule is COc1cccc(CC(N)c2cc(C)nc(C)c2)c1. The van der Waals surface area contributed by atoms with E-state index in [1.54, 1.807) is 7.11 Å². The van der Waals surface area contributed by atoms with Crippen LogP contribution >= 0.6 is 0 Å². The van der Waals surface area contributed by atoms with Gasteiger partial charge in [0.1, 0.15) is 5.75 Å². The first-order valence-corrected chi connectivity index (χ1v) is 6.42. The van der Waals surface area contributed by atoms with Gasteiger partial charge in [-0.15, -0.1) is 0 Å². The molecular formula is C16H20N2O. The van der Waals surface area contributed by atoms with Gasteiger partial charge >= 0.3 is 0 Å². The summed E-state index contributed by atoms with van der Waals surface area (Å²) in [6, 6.07) is 12.1. The molecule has 0 saturated carbocycles. The van der Waals surface area contributed by atoms with Crippen molar-refractivity contribution in [2.24, 2.45) is 5.73 Å². The van der Waals surface area contributed by atoms with Gasteiger partial charge in [-0.05, 0) is 55.7 Å². The molecule has 0 amide bonds. The zero-order valence-corrected chi connectivity index (χ0v) is 11.7. The number of hydrogen-bond donors (Lipinski definition) is 1. The highest BCUT2D eigenvalue weighted by Gasteiger charge is 2.09. The van der Waals surface area contributed by atoms with Gasteiger partial charge in [-0.1, -0.05) is 12.1 Å². The third-order valence-corrected chi connectivity index (χ3v) is 3.12. The van der Waals surface area contributed by atoms with Gasteiger partial charge in [-0.2, -0.15) is 0 Å². The Hall–Kier alpha value is -1.87. The smallest absolute Gasteiger partial charge is 0.119 e. The lowest BCUT2D eigenvalue weighted by Gasteiger charge is -2.14. The number of aromatic nitrogens is 1. The Labute approximate surface area is 114 Å². The van der Waals surface area contributed by atoms with Gasteiger partial charge in [0.25, 0.3) is 0 Å². The predicted octanol–water partition coefficient (Wildman–Crippen LogP) is 2.95. The number of ether oxygens (including phenoxy) is 1. The maximum Gasteiger partial charge on any atom is 0.119 e. The summed E-state index contributed by atoms with van der Waals surface area (Å²) in [7, 11) is 1.68. The Morgan fingerprint density at radius 3 is 2.47 bits per heavy atom. The highest BCUT2D eigenvalue weighted by Crippen LogP contribution is 2.20. The van der Waals surface area contributed by atoms with Gasteiger partial charge in [-0.25, -0.2) is 0 Å². The van der Waals surface area contributed by atoms with E-state index in [1.165, 1.54) is 5.56 Å². The molecule has 0 aliphatic heterocycles. The van der Waals surface area contributed by atoms with E-state index in [0.29, 0.717) is 0 Å². The minimum atomic E-state index is -0.0208. The Balaban J connectivity index is 2.17. The van der Waals surface area contributed by atoms with E-state index >= 15 is 0 Å². The summed E-state index contributed by atoms with van der Waals surface area (Å²) < 4.78 is 5.23. The molecule has 1 aromatic carbocycles. The van der Waals surface area contributed by atoms with Gasteiger partial charge in [0.05, 0.1) is 7.11 Å². The molecule has 0 bridgehead atoms. The molecule has 0 radical (unpaired) electrons. The molecule has 19 heavy (non-hydrogen) atoms. The summed E-state index contributed by atoms with van der Waals surface area (Å²) >= 11 is 0. The summed E-state index contributed by atoms with van der Waals surface area (Å²) in [6.07, 6.45) is 0.792. The lowest BCUT2D eigenvalue weighted by molar-refractivity contribution is 0.414. The second-order valence-corrected chi connectivity index (χ2v) is 4.85. The number of methoxy groups -OCH3 is 1. The third kappa shape index (κ3) is 3.55. The van der Waals surface area contributed by atoms with Crippen LogP contribution in [-0.2, 0) is 6.42 Å². The number of nitrogens with two attached hydrogens (primary N) is 1. The van der Waals surface area contributed by atoms with Crippen molar-refractivity contribution in [1.82, 2.24) is 4.98 Å². The number of hydrogen-bond acceptors (Lipinski definition) is 3.